The zero-order valence-electron chi connectivity index (χ0n) is 13.9. The minimum absolute atomic E-state index is 0.130. The molecule has 2 aromatic carbocycles. The van der Waals surface area contributed by atoms with Gasteiger partial charge in [-0.25, -0.2) is 4.39 Å². The summed E-state index contributed by atoms with van der Waals surface area (Å²) in [4.78, 5) is 11.9. The van der Waals surface area contributed by atoms with E-state index in [2.05, 4.69) is 20.8 Å². The largest absolute Gasteiger partial charge is 0.497 e. The second-order valence-corrected chi connectivity index (χ2v) is 5.22. The third-order valence-corrected chi connectivity index (χ3v) is 3.48. The number of aromatic nitrogens is 4. The monoisotopic (exact) mass is 357 g/mol. The maximum Gasteiger partial charge on any atom is 0.258 e. The lowest BCUT2D eigenvalue weighted by atomic mass is 10.3. The van der Waals surface area contributed by atoms with Crippen LogP contribution in [0.15, 0.2) is 48.5 Å². The molecular formula is C17H16FN5O3. The van der Waals surface area contributed by atoms with Gasteiger partial charge in [-0.05, 0) is 59.0 Å². The maximum atomic E-state index is 12.8. The zero-order chi connectivity index (χ0) is 18.4. The van der Waals surface area contributed by atoms with Gasteiger partial charge in [-0.2, -0.15) is 4.68 Å². The fourth-order valence-corrected chi connectivity index (χ4v) is 2.15. The van der Waals surface area contributed by atoms with Crippen LogP contribution in [0.4, 0.5) is 4.39 Å². The van der Waals surface area contributed by atoms with E-state index in [0.717, 1.165) is 11.4 Å². The van der Waals surface area contributed by atoms with Crippen molar-refractivity contribution < 1.29 is 18.7 Å². The first-order valence-corrected chi connectivity index (χ1v) is 7.72. The molecule has 0 saturated carbocycles. The standard InChI is InChI=1S/C17H16FN5O3/c1-25-14-8-4-13(5-9-14)23-16(20-21-22-23)10-19-17(24)11-26-15-6-2-12(18)3-7-15/h2-9H,10-11H2,1H3,(H,19,24). The number of methoxy groups -OCH3 is 1. The van der Waals surface area contributed by atoms with Gasteiger partial charge in [0.05, 0.1) is 19.3 Å². The molecule has 1 amide bonds. The van der Waals surface area contributed by atoms with Crippen LogP contribution >= 0.6 is 0 Å². The second kappa shape index (κ2) is 8.06. The molecule has 134 valence electrons. The molecule has 0 atom stereocenters. The number of nitrogens with zero attached hydrogens (tertiary/aromatic N) is 4. The number of hydrogen-bond acceptors (Lipinski definition) is 6. The normalized spacial score (nSPS) is 10.4. The predicted octanol–water partition coefficient (Wildman–Crippen LogP) is 1.51. The molecule has 1 aromatic heterocycles. The van der Waals surface area contributed by atoms with Crippen molar-refractivity contribution in [1.29, 1.82) is 0 Å². The second-order valence-electron chi connectivity index (χ2n) is 5.22. The highest BCUT2D eigenvalue weighted by Gasteiger charge is 2.10. The molecule has 0 fully saturated rings. The summed E-state index contributed by atoms with van der Waals surface area (Å²) >= 11 is 0. The zero-order valence-corrected chi connectivity index (χ0v) is 13.9. The summed E-state index contributed by atoms with van der Waals surface area (Å²) in [6.07, 6.45) is 0. The number of carbonyl (C=O) groups excluding carboxylic acids is 1. The van der Waals surface area contributed by atoms with Crippen molar-refractivity contribution in [3.8, 4) is 17.2 Å². The first-order valence-electron chi connectivity index (χ1n) is 7.72. The summed E-state index contributed by atoms with van der Waals surface area (Å²) in [6, 6.07) is 12.6. The lowest BCUT2D eigenvalue weighted by Crippen LogP contribution is -2.29. The molecule has 1 N–H and O–H groups in total. The molecule has 0 aliphatic rings. The van der Waals surface area contributed by atoms with Crippen LogP contribution in [0.25, 0.3) is 5.69 Å². The quantitative estimate of drug-likeness (QED) is 0.689. The molecule has 1 heterocycles. The van der Waals surface area contributed by atoms with Crippen LogP contribution in [0.2, 0.25) is 0 Å². The van der Waals surface area contributed by atoms with Crippen molar-refractivity contribution >= 4 is 5.91 Å². The molecule has 0 unspecified atom stereocenters. The number of tetrazole rings is 1. The minimum Gasteiger partial charge on any atom is -0.497 e. The first-order chi connectivity index (χ1) is 12.7. The van der Waals surface area contributed by atoms with Crippen molar-refractivity contribution in [3.63, 3.8) is 0 Å². The first kappa shape index (κ1) is 17.3. The Morgan fingerprint density at radius 1 is 1.12 bits per heavy atom. The Morgan fingerprint density at radius 2 is 1.81 bits per heavy atom. The van der Waals surface area contributed by atoms with E-state index in [1.807, 2.05) is 0 Å². The maximum absolute atomic E-state index is 12.8. The smallest absolute Gasteiger partial charge is 0.258 e. The van der Waals surface area contributed by atoms with Gasteiger partial charge < -0.3 is 14.8 Å². The van der Waals surface area contributed by atoms with Crippen molar-refractivity contribution in [3.05, 3.63) is 60.2 Å². The van der Waals surface area contributed by atoms with Crippen LogP contribution in [-0.2, 0) is 11.3 Å². The van der Waals surface area contributed by atoms with Crippen LogP contribution < -0.4 is 14.8 Å². The van der Waals surface area contributed by atoms with Gasteiger partial charge in [-0.3, -0.25) is 4.79 Å². The Bertz CT molecular complexity index is 865. The fourth-order valence-electron chi connectivity index (χ4n) is 2.15. The SMILES string of the molecule is COc1ccc(-n2nnnc2CNC(=O)COc2ccc(F)cc2)cc1. The Balaban J connectivity index is 1.55. The van der Waals surface area contributed by atoms with Crippen molar-refractivity contribution in [2.45, 2.75) is 6.54 Å². The van der Waals surface area contributed by atoms with Crippen LogP contribution in [0.3, 0.4) is 0 Å². The van der Waals surface area contributed by atoms with Crippen LogP contribution in [0.1, 0.15) is 5.82 Å². The van der Waals surface area contributed by atoms with Crippen LogP contribution in [0.5, 0.6) is 11.5 Å². The average Bonchev–Trinajstić information content (AvgIpc) is 3.14. The Kier molecular flexibility index (Phi) is 5.37. The van der Waals surface area contributed by atoms with E-state index in [0.29, 0.717) is 11.6 Å². The van der Waals surface area contributed by atoms with Gasteiger partial charge in [0.2, 0.25) is 0 Å². The van der Waals surface area contributed by atoms with Crippen molar-refractivity contribution in [2.75, 3.05) is 13.7 Å². The number of amides is 1. The molecule has 3 rings (SSSR count). The highest BCUT2D eigenvalue weighted by molar-refractivity contribution is 5.77. The number of nitrogens with one attached hydrogen (secondary N) is 1. The number of rotatable bonds is 7. The summed E-state index contributed by atoms with van der Waals surface area (Å²) in [5.74, 6) is 0.871. The van der Waals surface area contributed by atoms with Crippen molar-refractivity contribution in [2.24, 2.45) is 0 Å². The van der Waals surface area contributed by atoms with E-state index in [-0.39, 0.29) is 24.9 Å². The molecule has 0 aliphatic carbocycles. The van der Waals surface area contributed by atoms with Gasteiger partial charge in [0.25, 0.3) is 5.91 Å². The fraction of sp³-hybridized carbons (Fsp3) is 0.176. The van der Waals surface area contributed by atoms with Crippen LogP contribution in [0, 0.1) is 5.82 Å². The summed E-state index contributed by atoms with van der Waals surface area (Å²) in [5, 5.41) is 14.1. The highest BCUT2D eigenvalue weighted by Crippen LogP contribution is 2.15. The molecule has 26 heavy (non-hydrogen) atoms. The molecule has 0 radical (unpaired) electrons. The van der Waals surface area contributed by atoms with E-state index in [9.17, 15) is 9.18 Å². The van der Waals surface area contributed by atoms with Crippen LogP contribution in [-0.4, -0.2) is 39.8 Å². The third-order valence-electron chi connectivity index (χ3n) is 3.48. The van der Waals surface area contributed by atoms with E-state index in [1.54, 1.807) is 31.4 Å². The van der Waals surface area contributed by atoms with Gasteiger partial charge in [-0.15, -0.1) is 5.10 Å². The molecule has 8 nitrogen and oxygen atoms in total. The number of halogens is 1. The lowest BCUT2D eigenvalue weighted by molar-refractivity contribution is -0.123. The summed E-state index contributed by atoms with van der Waals surface area (Å²) in [5.41, 5.74) is 0.739. The molecule has 9 heteroatoms. The molecule has 3 aromatic rings. The molecule has 0 spiro atoms. The summed E-state index contributed by atoms with van der Waals surface area (Å²) in [6.45, 7) is -0.0691. The molecule has 0 saturated heterocycles. The van der Waals surface area contributed by atoms with Gasteiger partial charge in [0, 0.05) is 0 Å². The highest BCUT2D eigenvalue weighted by atomic mass is 19.1. The topological polar surface area (TPSA) is 91.2 Å². The van der Waals surface area contributed by atoms with Gasteiger partial charge in [0.15, 0.2) is 12.4 Å². The van der Waals surface area contributed by atoms with E-state index in [1.165, 1.54) is 28.9 Å². The summed E-state index contributed by atoms with van der Waals surface area (Å²) in [7, 11) is 1.58. The lowest BCUT2D eigenvalue weighted by Gasteiger charge is -2.08. The van der Waals surface area contributed by atoms with Crippen molar-refractivity contribution in [1.82, 2.24) is 25.5 Å². The Hall–Kier alpha value is -3.49. The number of hydrogen-bond donors (Lipinski definition) is 1. The third kappa shape index (κ3) is 4.32. The van der Waals surface area contributed by atoms with E-state index >= 15 is 0 Å². The molecule has 0 bridgehead atoms. The predicted molar refractivity (Wildman–Crippen MR) is 89.4 cm³/mol. The van der Waals surface area contributed by atoms with E-state index < -0.39 is 0 Å². The minimum atomic E-state index is -0.368. The summed E-state index contributed by atoms with van der Waals surface area (Å²) < 4.78 is 24.7. The number of carbonyl (C=O) groups is 1. The molecular weight excluding hydrogens is 341 g/mol. The average molecular weight is 357 g/mol. The van der Waals surface area contributed by atoms with Gasteiger partial charge in [-0.1, -0.05) is 0 Å². The van der Waals surface area contributed by atoms with E-state index in [4.69, 9.17) is 9.47 Å². The Labute approximate surface area is 148 Å². The number of ether oxygens (including phenoxy) is 2. The Morgan fingerprint density at radius 3 is 2.50 bits per heavy atom. The van der Waals surface area contributed by atoms with Gasteiger partial charge >= 0.3 is 0 Å². The number of benzene rings is 2. The van der Waals surface area contributed by atoms with Gasteiger partial charge in [0.1, 0.15) is 17.3 Å². The molecule has 0 aliphatic heterocycles.